The van der Waals surface area contributed by atoms with Crippen molar-refractivity contribution in [2.24, 2.45) is 0 Å². The zero-order chi connectivity index (χ0) is 14.9. The van der Waals surface area contributed by atoms with Crippen molar-refractivity contribution in [3.05, 3.63) is 30.4 Å². The topological polar surface area (TPSA) is 37.3 Å². The van der Waals surface area contributed by atoms with Crippen molar-refractivity contribution in [1.82, 2.24) is 0 Å². The first kappa shape index (κ1) is 18.9. The minimum Gasteiger partial charge on any atom is -0.389 e. The van der Waals surface area contributed by atoms with Crippen LogP contribution in [0.25, 0.3) is 0 Å². The molecule has 0 aromatic heterocycles. The number of hydrogen-bond donors (Lipinski definition) is 1. The highest BCUT2D eigenvalue weighted by molar-refractivity contribution is 5.44. The Morgan fingerprint density at radius 1 is 1.00 bits per heavy atom. The van der Waals surface area contributed by atoms with Gasteiger partial charge in [-0.2, -0.15) is 0 Å². The summed E-state index contributed by atoms with van der Waals surface area (Å²) in [6.07, 6.45) is 20.2. The first-order chi connectivity index (χ1) is 9.81. The summed E-state index contributed by atoms with van der Waals surface area (Å²) in [6, 6.07) is 0. The number of allylic oxidation sites excluding steroid dienone is 4. The van der Waals surface area contributed by atoms with Crippen molar-refractivity contribution in [3.8, 4) is 0 Å². The highest BCUT2D eigenvalue weighted by atomic mass is 16.3. The maximum atomic E-state index is 9.95. The Labute approximate surface area is 124 Å². The Kier molecular flexibility index (Phi) is 15.1. The number of aliphatic hydroxyl groups excluding tert-OH is 1. The van der Waals surface area contributed by atoms with Crippen LogP contribution < -0.4 is 0 Å². The third kappa shape index (κ3) is 14.9. The van der Waals surface area contributed by atoms with Gasteiger partial charge in [0.05, 0.1) is 6.10 Å². The first-order valence-corrected chi connectivity index (χ1v) is 8.02. The molecule has 0 heterocycles. The van der Waals surface area contributed by atoms with Crippen LogP contribution in [0.1, 0.15) is 71.1 Å². The molecule has 0 bridgehead atoms. The van der Waals surface area contributed by atoms with Gasteiger partial charge in [0.1, 0.15) is 5.94 Å². The highest BCUT2D eigenvalue weighted by Crippen LogP contribution is 2.06. The van der Waals surface area contributed by atoms with Gasteiger partial charge in [-0.05, 0) is 38.2 Å². The van der Waals surface area contributed by atoms with E-state index < -0.39 is 0 Å². The Bertz CT molecular complexity index is 299. The zero-order valence-corrected chi connectivity index (χ0v) is 12.9. The Morgan fingerprint density at radius 2 is 1.75 bits per heavy atom. The molecule has 1 unspecified atom stereocenters. The summed E-state index contributed by atoms with van der Waals surface area (Å²) in [7, 11) is 0. The molecule has 1 N–H and O–H groups in total. The van der Waals surface area contributed by atoms with Crippen molar-refractivity contribution in [2.45, 2.75) is 77.2 Å². The third-order valence-electron chi connectivity index (χ3n) is 3.24. The van der Waals surface area contributed by atoms with Crippen molar-refractivity contribution >= 4 is 5.94 Å². The van der Waals surface area contributed by atoms with Crippen LogP contribution in [0.3, 0.4) is 0 Å². The fourth-order valence-electron chi connectivity index (χ4n) is 1.99. The maximum Gasteiger partial charge on any atom is 0.120 e. The van der Waals surface area contributed by atoms with Crippen LogP contribution in [0, 0.1) is 0 Å². The minimum absolute atomic E-state index is 0.294. The summed E-state index contributed by atoms with van der Waals surface area (Å²) in [6.45, 7) is 2.17. The quantitative estimate of drug-likeness (QED) is 0.299. The molecule has 0 radical (unpaired) electrons. The van der Waals surface area contributed by atoms with Crippen molar-refractivity contribution in [3.63, 3.8) is 0 Å². The highest BCUT2D eigenvalue weighted by Gasteiger charge is 1.96. The van der Waals surface area contributed by atoms with Crippen molar-refractivity contribution in [1.29, 1.82) is 0 Å². The second-order valence-corrected chi connectivity index (χ2v) is 5.19. The van der Waals surface area contributed by atoms with Crippen LogP contribution in [0.5, 0.6) is 0 Å². The van der Waals surface area contributed by atoms with E-state index in [0.717, 1.165) is 32.1 Å². The predicted octanol–water partition coefficient (Wildman–Crippen LogP) is 4.77. The second kappa shape index (κ2) is 15.9. The number of hydrogen-bond acceptors (Lipinski definition) is 2. The normalized spacial score (nSPS) is 12.9. The molecule has 2 heteroatoms. The van der Waals surface area contributed by atoms with Gasteiger partial charge in [0.15, 0.2) is 0 Å². The van der Waals surface area contributed by atoms with Crippen LogP contribution >= 0.6 is 0 Å². The molecule has 0 amide bonds. The number of unbranched alkanes of at least 4 members (excludes halogenated alkanes) is 7. The molecule has 0 aliphatic heterocycles. The van der Waals surface area contributed by atoms with E-state index in [-0.39, 0.29) is 6.10 Å². The van der Waals surface area contributed by atoms with Crippen molar-refractivity contribution < 1.29 is 9.90 Å². The fourth-order valence-corrected chi connectivity index (χ4v) is 1.99. The van der Waals surface area contributed by atoms with E-state index in [1.165, 1.54) is 32.1 Å². The molecule has 0 spiro atoms. The Morgan fingerprint density at radius 3 is 2.45 bits per heavy atom. The molecular weight excluding hydrogens is 248 g/mol. The molecule has 0 aliphatic rings. The van der Waals surface area contributed by atoms with E-state index in [9.17, 15) is 9.90 Å². The number of aliphatic hydroxyl groups is 1. The molecule has 0 saturated carbocycles. The molecule has 20 heavy (non-hydrogen) atoms. The van der Waals surface area contributed by atoms with Gasteiger partial charge >= 0.3 is 0 Å². The van der Waals surface area contributed by atoms with Gasteiger partial charge < -0.3 is 5.11 Å². The summed E-state index contributed by atoms with van der Waals surface area (Å²) < 4.78 is 0. The monoisotopic (exact) mass is 278 g/mol. The standard InChI is InChI=1S/C18H30O2/c1-2-3-12-15-18(20)16-13-10-8-6-4-5-7-9-11-14-17-19/h8,10,13-14,16,18,20H,2-7,9,11-12,15H2,1H3. The average molecular weight is 278 g/mol. The van der Waals surface area contributed by atoms with Gasteiger partial charge in [-0.25, -0.2) is 4.79 Å². The van der Waals surface area contributed by atoms with E-state index in [1.807, 2.05) is 18.2 Å². The Balaban J connectivity index is 3.39. The summed E-state index contributed by atoms with van der Waals surface area (Å²) in [5.74, 6) is 1.80. The van der Waals surface area contributed by atoms with Crippen LogP contribution in [0.4, 0.5) is 0 Å². The van der Waals surface area contributed by atoms with Gasteiger partial charge in [0, 0.05) is 0 Å². The molecule has 114 valence electrons. The van der Waals surface area contributed by atoms with E-state index >= 15 is 0 Å². The molecule has 0 fully saturated rings. The van der Waals surface area contributed by atoms with E-state index in [2.05, 4.69) is 13.0 Å². The largest absolute Gasteiger partial charge is 0.389 e. The average Bonchev–Trinajstić information content (AvgIpc) is 2.45. The second-order valence-electron chi connectivity index (χ2n) is 5.19. The molecular formula is C18H30O2. The lowest BCUT2D eigenvalue weighted by molar-refractivity contribution is 0.208. The molecule has 0 aliphatic carbocycles. The summed E-state index contributed by atoms with van der Waals surface area (Å²) in [5, 5.41) is 9.67. The van der Waals surface area contributed by atoms with E-state index in [1.54, 1.807) is 12.0 Å². The van der Waals surface area contributed by atoms with Gasteiger partial charge in [0.2, 0.25) is 0 Å². The van der Waals surface area contributed by atoms with Crippen molar-refractivity contribution in [2.75, 3.05) is 0 Å². The molecule has 2 nitrogen and oxygen atoms in total. The fraction of sp³-hybridized carbons (Fsp3) is 0.667. The van der Waals surface area contributed by atoms with Crippen LogP contribution in [-0.2, 0) is 4.79 Å². The lowest BCUT2D eigenvalue weighted by Crippen LogP contribution is -2.00. The lowest BCUT2D eigenvalue weighted by Gasteiger charge is -2.03. The molecule has 0 aromatic rings. The smallest absolute Gasteiger partial charge is 0.120 e. The lowest BCUT2D eigenvalue weighted by atomic mass is 10.1. The van der Waals surface area contributed by atoms with Crippen LogP contribution in [-0.4, -0.2) is 17.2 Å². The summed E-state index contributed by atoms with van der Waals surface area (Å²) >= 11 is 0. The first-order valence-electron chi connectivity index (χ1n) is 8.02. The third-order valence-corrected chi connectivity index (χ3v) is 3.24. The van der Waals surface area contributed by atoms with Crippen LogP contribution in [0.15, 0.2) is 30.4 Å². The molecule has 1 atom stereocenters. The maximum absolute atomic E-state index is 9.95. The van der Waals surface area contributed by atoms with E-state index in [4.69, 9.17) is 0 Å². The minimum atomic E-state index is -0.294. The van der Waals surface area contributed by atoms with E-state index in [0.29, 0.717) is 0 Å². The number of carbonyl (C=O) groups excluding carboxylic acids is 1. The zero-order valence-electron chi connectivity index (χ0n) is 12.9. The van der Waals surface area contributed by atoms with Gasteiger partial charge in [0.25, 0.3) is 0 Å². The van der Waals surface area contributed by atoms with Gasteiger partial charge in [-0.3, -0.25) is 0 Å². The van der Waals surface area contributed by atoms with Gasteiger partial charge in [-0.1, -0.05) is 63.3 Å². The summed E-state index contributed by atoms with van der Waals surface area (Å²) in [5.41, 5.74) is 0. The van der Waals surface area contributed by atoms with Crippen LogP contribution in [0.2, 0.25) is 0 Å². The molecule has 0 saturated heterocycles. The Hall–Kier alpha value is -1.11. The van der Waals surface area contributed by atoms with Gasteiger partial charge in [-0.15, -0.1) is 0 Å². The molecule has 0 rings (SSSR count). The predicted molar refractivity (Wildman–Crippen MR) is 86.4 cm³/mol. The molecule has 0 aromatic carbocycles. The number of rotatable bonds is 13. The summed E-state index contributed by atoms with van der Waals surface area (Å²) in [4.78, 5) is 9.95. The SMILES string of the molecule is CCCCCC(O)C=CC=CCCCCCCC=C=O.